The third-order valence-corrected chi connectivity index (χ3v) is 2.46. The lowest BCUT2D eigenvalue weighted by Crippen LogP contribution is -2.23. The molecule has 1 atom stereocenters. The number of ether oxygens (including phenoxy) is 1. The highest BCUT2D eigenvalue weighted by Gasteiger charge is 2.02. The summed E-state index contributed by atoms with van der Waals surface area (Å²) in [7, 11) is 0. The quantitative estimate of drug-likeness (QED) is 0.536. The molecule has 1 rings (SSSR count). The monoisotopic (exact) mass is 219 g/mol. The largest absolute Gasteiger partial charge is 0.380 e. The first-order valence-electron chi connectivity index (χ1n) is 5.81. The molecule has 0 aliphatic heterocycles. The lowest BCUT2D eigenvalue weighted by Gasteiger charge is -2.14. The summed E-state index contributed by atoms with van der Waals surface area (Å²) in [6.07, 6.45) is 2.80. The van der Waals surface area contributed by atoms with Crippen LogP contribution in [0.5, 0.6) is 0 Å². The normalized spacial score (nSPS) is 12.3. The zero-order chi connectivity index (χ0) is 11.6. The topological polar surface area (TPSA) is 21.3 Å². The van der Waals surface area contributed by atoms with Gasteiger partial charge in [0.25, 0.3) is 0 Å². The highest BCUT2D eigenvalue weighted by molar-refractivity contribution is 5.17. The van der Waals surface area contributed by atoms with Crippen LogP contribution in [-0.4, -0.2) is 19.8 Å². The van der Waals surface area contributed by atoms with Crippen LogP contribution >= 0.6 is 0 Å². The molecule has 0 aliphatic rings. The van der Waals surface area contributed by atoms with Crippen molar-refractivity contribution in [2.45, 2.75) is 19.4 Å². The van der Waals surface area contributed by atoms with Gasteiger partial charge in [0, 0.05) is 12.6 Å². The summed E-state index contributed by atoms with van der Waals surface area (Å²) in [6, 6.07) is 10.8. The van der Waals surface area contributed by atoms with Crippen LogP contribution in [0.1, 0.15) is 24.9 Å². The molecule has 0 heterocycles. The van der Waals surface area contributed by atoms with Crippen molar-refractivity contribution in [1.82, 2.24) is 5.32 Å². The number of benzene rings is 1. The molecule has 0 radical (unpaired) electrons. The molecule has 1 unspecified atom stereocenters. The van der Waals surface area contributed by atoms with Crippen LogP contribution < -0.4 is 5.32 Å². The number of hydrogen-bond acceptors (Lipinski definition) is 2. The first-order chi connectivity index (χ1) is 7.84. The second kappa shape index (κ2) is 8.08. The smallest absolute Gasteiger partial charge is 0.0591 e. The van der Waals surface area contributed by atoms with Gasteiger partial charge in [0.2, 0.25) is 0 Å². The maximum atomic E-state index is 5.43. The van der Waals surface area contributed by atoms with Crippen LogP contribution in [-0.2, 0) is 4.74 Å². The lowest BCUT2D eigenvalue weighted by atomic mass is 10.1. The van der Waals surface area contributed by atoms with E-state index in [1.54, 1.807) is 0 Å². The highest BCUT2D eigenvalue weighted by atomic mass is 16.5. The van der Waals surface area contributed by atoms with Gasteiger partial charge in [-0.15, -0.1) is 6.58 Å². The molecule has 1 N–H and O–H groups in total. The van der Waals surface area contributed by atoms with Crippen LogP contribution in [0.3, 0.4) is 0 Å². The molecule has 2 heteroatoms. The fourth-order valence-electron chi connectivity index (χ4n) is 1.48. The summed E-state index contributed by atoms with van der Waals surface area (Å²) in [5.74, 6) is 0. The van der Waals surface area contributed by atoms with Gasteiger partial charge in [-0.1, -0.05) is 36.4 Å². The summed E-state index contributed by atoms with van der Waals surface area (Å²) < 4.78 is 5.43. The van der Waals surface area contributed by atoms with Crippen LogP contribution in [0.25, 0.3) is 0 Å². The SMILES string of the molecule is C=CCCOCCNC(C)c1ccccc1. The predicted molar refractivity (Wildman–Crippen MR) is 68.5 cm³/mol. The first kappa shape index (κ1) is 12.9. The summed E-state index contributed by atoms with van der Waals surface area (Å²) in [4.78, 5) is 0. The van der Waals surface area contributed by atoms with E-state index in [0.717, 1.165) is 26.2 Å². The highest BCUT2D eigenvalue weighted by Crippen LogP contribution is 2.10. The van der Waals surface area contributed by atoms with E-state index in [1.807, 2.05) is 12.1 Å². The van der Waals surface area contributed by atoms with Gasteiger partial charge in [-0.2, -0.15) is 0 Å². The zero-order valence-electron chi connectivity index (χ0n) is 9.99. The molecule has 0 bridgehead atoms. The molecule has 2 nitrogen and oxygen atoms in total. The van der Waals surface area contributed by atoms with Gasteiger partial charge in [0.15, 0.2) is 0 Å². The van der Waals surface area contributed by atoms with Gasteiger partial charge >= 0.3 is 0 Å². The Hall–Kier alpha value is -1.12. The average Bonchev–Trinajstić information content (AvgIpc) is 2.34. The molecule has 88 valence electrons. The molecule has 0 aliphatic carbocycles. The minimum absolute atomic E-state index is 0.379. The Morgan fingerprint density at radius 2 is 2.06 bits per heavy atom. The van der Waals surface area contributed by atoms with Gasteiger partial charge in [-0.25, -0.2) is 0 Å². The predicted octanol–water partition coefficient (Wildman–Crippen LogP) is 2.93. The van der Waals surface area contributed by atoms with E-state index in [1.165, 1.54) is 5.56 Å². The van der Waals surface area contributed by atoms with Crippen molar-refractivity contribution in [2.75, 3.05) is 19.8 Å². The lowest BCUT2D eigenvalue weighted by molar-refractivity contribution is 0.138. The molecule has 0 amide bonds. The van der Waals surface area contributed by atoms with Crippen LogP contribution in [0.15, 0.2) is 43.0 Å². The summed E-state index contributed by atoms with van der Waals surface area (Å²) in [5.41, 5.74) is 1.31. The summed E-state index contributed by atoms with van der Waals surface area (Å²) in [6.45, 7) is 8.22. The van der Waals surface area contributed by atoms with Gasteiger partial charge in [0.1, 0.15) is 0 Å². The van der Waals surface area contributed by atoms with Crippen molar-refractivity contribution < 1.29 is 4.74 Å². The standard InChI is InChI=1S/C14H21NO/c1-3-4-11-16-12-10-15-13(2)14-8-6-5-7-9-14/h3,5-9,13,15H,1,4,10-12H2,2H3. The molecule has 16 heavy (non-hydrogen) atoms. The van der Waals surface area contributed by atoms with Crippen molar-refractivity contribution in [3.8, 4) is 0 Å². The van der Waals surface area contributed by atoms with E-state index in [2.05, 4.69) is 43.1 Å². The summed E-state index contributed by atoms with van der Waals surface area (Å²) in [5, 5.41) is 3.42. The molecular formula is C14H21NO. The minimum Gasteiger partial charge on any atom is -0.380 e. The molecule has 1 aromatic carbocycles. The van der Waals surface area contributed by atoms with Crippen molar-refractivity contribution in [3.63, 3.8) is 0 Å². The molecule has 0 saturated heterocycles. The number of nitrogens with one attached hydrogen (secondary N) is 1. The molecular weight excluding hydrogens is 198 g/mol. The van der Waals surface area contributed by atoms with Crippen molar-refractivity contribution in [1.29, 1.82) is 0 Å². The second-order valence-corrected chi connectivity index (χ2v) is 3.78. The maximum Gasteiger partial charge on any atom is 0.0591 e. The first-order valence-corrected chi connectivity index (χ1v) is 5.81. The van der Waals surface area contributed by atoms with Gasteiger partial charge < -0.3 is 10.1 Å². The Morgan fingerprint density at radius 1 is 1.31 bits per heavy atom. The Bertz CT molecular complexity index is 284. The summed E-state index contributed by atoms with van der Waals surface area (Å²) >= 11 is 0. The van der Waals surface area contributed by atoms with Crippen LogP contribution in [0, 0.1) is 0 Å². The minimum atomic E-state index is 0.379. The molecule has 0 fully saturated rings. The van der Waals surface area contributed by atoms with Crippen LogP contribution in [0.2, 0.25) is 0 Å². The fraction of sp³-hybridized carbons (Fsp3) is 0.429. The van der Waals surface area contributed by atoms with Gasteiger partial charge in [-0.3, -0.25) is 0 Å². The molecule has 0 aromatic heterocycles. The molecule has 0 saturated carbocycles. The van der Waals surface area contributed by atoms with E-state index in [4.69, 9.17) is 4.74 Å². The van der Waals surface area contributed by atoms with E-state index in [-0.39, 0.29) is 0 Å². The second-order valence-electron chi connectivity index (χ2n) is 3.78. The molecule has 0 spiro atoms. The van der Waals surface area contributed by atoms with Gasteiger partial charge in [0.05, 0.1) is 13.2 Å². The van der Waals surface area contributed by atoms with E-state index in [0.29, 0.717) is 6.04 Å². The maximum absolute atomic E-state index is 5.43. The van der Waals surface area contributed by atoms with Crippen LogP contribution in [0.4, 0.5) is 0 Å². The Kier molecular flexibility index (Phi) is 6.54. The van der Waals surface area contributed by atoms with Gasteiger partial charge in [-0.05, 0) is 18.9 Å². The Balaban J connectivity index is 2.11. The van der Waals surface area contributed by atoms with Crippen molar-refractivity contribution in [2.24, 2.45) is 0 Å². The third-order valence-electron chi connectivity index (χ3n) is 2.46. The zero-order valence-corrected chi connectivity index (χ0v) is 9.99. The van der Waals surface area contributed by atoms with Crippen molar-refractivity contribution in [3.05, 3.63) is 48.6 Å². The number of rotatable bonds is 8. The number of hydrogen-bond donors (Lipinski definition) is 1. The van der Waals surface area contributed by atoms with E-state index < -0.39 is 0 Å². The van der Waals surface area contributed by atoms with E-state index >= 15 is 0 Å². The fourth-order valence-corrected chi connectivity index (χ4v) is 1.48. The van der Waals surface area contributed by atoms with E-state index in [9.17, 15) is 0 Å². The Morgan fingerprint density at radius 3 is 2.75 bits per heavy atom. The Labute approximate surface area is 98.3 Å². The molecule has 1 aromatic rings. The average molecular weight is 219 g/mol. The van der Waals surface area contributed by atoms with Crippen molar-refractivity contribution >= 4 is 0 Å². The third kappa shape index (κ3) is 5.10.